The third-order valence-electron chi connectivity index (χ3n) is 4.83. The molecule has 5 heteroatoms. The van der Waals surface area contributed by atoms with Crippen LogP contribution in [0.25, 0.3) is 0 Å². The SMILES string of the molecule is O=C(CCN1CCN(CCc2ccccc2)CC1)Nc1ccccc1Cl. The van der Waals surface area contributed by atoms with Gasteiger partial charge >= 0.3 is 0 Å². The van der Waals surface area contributed by atoms with E-state index in [0.717, 1.165) is 45.7 Å². The van der Waals surface area contributed by atoms with Crippen LogP contribution in [0.1, 0.15) is 12.0 Å². The molecular formula is C21H26ClN3O. The summed E-state index contributed by atoms with van der Waals surface area (Å²) in [7, 11) is 0. The van der Waals surface area contributed by atoms with Crippen molar-refractivity contribution in [2.24, 2.45) is 0 Å². The molecule has 0 spiro atoms. The van der Waals surface area contributed by atoms with Gasteiger partial charge in [0.1, 0.15) is 0 Å². The maximum atomic E-state index is 12.1. The topological polar surface area (TPSA) is 35.6 Å². The van der Waals surface area contributed by atoms with Gasteiger partial charge in [0.05, 0.1) is 10.7 Å². The smallest absolute Gasteiger partial charge is 0.225 e. The molecule has 1 N–H and O–H groups in total. The number of hydrogen-bond donors (Lipinski definition) is 1. The van der Waals surface area contributed by atoms with Crippen LogP contribution in [-0.2, 0) is 11.2 Å². The number of anilines is 1. The quantitative estimate of drug-likeness (QED) is 0.808. The number of para-hydroxylation sites is 1. The molecule has 138 valence electrons. The number of nitrogens with one attached hydrogen (secondary N) is 1. The first-order valence-corrected chi connectivity index (χ1v) is 9.61. The fourth-order valence-corrected chi connectivity index (χ4v) is 3.39. The molecule has 1 aliphatic rings. The highest BCUT2D eigenvalue weighted by molar-refractivity contribution is 6.33. The van der Waals surface area contributed by atoms with Crippen molar-refractivity contribution in [3.63, 3.8) is 0 Å². The standard InChI is InChI=1S/C21H26ClN3O/c22-19-8-4-5-9-20(19)23-21(26)11-13-25-16-14-24(15-17-25)12-10-18-6-2-1-3-7-18/h1-9H,10-17H2,(H,23,26). The second-order valence-electron chi connectivity index (χ2n) is 6.70. The molecule has 0 aromatic heterocycles. The maximum Gasteiger partial charge on any atom is 0.225 e. The van der Waals surface area contributed by atoms with Crippen LogP contribution in [0.5, 0.6) is 0 Å². The molecule has 3 rings (SSSR count). The number of hydrogen-bond acceptors (Lipinski definition) is 3. The number of carbonyl (C=O) groups is 1. The number of rotatable bonds is 7. The van der Waals surface area contributed by atoms with Crippen molar-refractivity contribution >= 4 is 23.2 Å². The Morgan fingerprint density at radius 2 is 1.50 bits per heavy atom. The molecule has 1 amide bonds. The van der Waals surface area contributed by atoms with Crippen molar-refractivity contribution < 1.29 is 4.79 Å². The number of nitrogens with zero attached hydrogens (tertiary/aromatic N) is 2. The molecule has 1 fully saturated rings. The lowest BCUT2D eigenvalue weighted by atomic mass is 10.1. The molecule has 0 atom stereocenters. The van der Waals surface area contributed by atoms with Crippen LogP contribution in [-0.4, -0.2) is 55.0 Å². The number of carbonyl (C=O) groups excluding carboxylic acids is 1. The van der Waals surface area contributed by atoms with Crippen LogP contribution < -0.4 is 5.32 Å². The van der Waals surface area contributed by atoms with E-state index >= 15 is 0 Å². The maximum absolute atomic E-state index is 12.1. The average molecular weight is 372 g/mol. The molecule has 0 aliphatic carbocycles. The van der Waals surface area contributed by atoms with Gasteiger partial charge in [-0.15, -0.1) is 0 Å². The summed E-state index contributed by atoms with van der Waals surface area (Å²) in [5, 5.41) is 3.47. The number of benzene rings is 2. The number of piperazine rings is 1. The van der Waals surface area contributed by atoms with Crippen LogP contribution in [0.3, 0.4) is 0 Å². The Morgan fingerprint density at radius 3 is 2.19 bits per heavy atom. The molecule has 0 radical (unpaired) electrons. The highest BCUT2D eigenvalue weighted by Crippen LogP contribution is 2.20. The molecule has 1 aliphatic heterocycles. The first-order chi connectivity index (χ1) is 12.7. The Balaban J connectivity index is 1.34. The molecular weight excluding hydrogens is 346 g/mol. The minimum Gasteiger partial charge on any atom is -0.325 e. The summed E-state index contributed by atoms with van der Waals surface area (Å²) >= 11 is 6.08. The zero-order valence-electron chi connectivity index (χ0n) is 15.0. The van der Waals surface area contributed by atoms with Crippen molar-refractivity contribution in [1.29, 1.82) is 0 Å². The summed E-state index contributed by atoms with van der Waals surface area (Å²) in [5.74, 6) is 0.0182. The van der Waals surface area contributed by atoms with Crippen molar-refractivity contribution in [3.05, 3.63) is 65.2 Å². The van der Waals surface area contributed by atoms with E-state index in [-0.39, 0.29) is 5.91 Å². The highest BCUT2D eigenvalue weighted by atomic mass is 35.5. The lowest BCUT2D eigenvalue weighted by molar-refractivity contribution is -0.116. The summed E-state index contributed by atoms with van der Waals surface area (Å²) in [5.41, 5.74) is 2.08. The Morgan fingerprint density at radius 1 is 0.885 bits per heavy atom. The molecule has 1 heterocycles. The van der Waals surface area contributed by atoms with Crippen LogP contribution in [0, 0.1) is 0 Å². The van der Waals surface area contributed by atoms with Crippen molar-refractivity contribution in [3.8, 4) is 0 Å². The summed E-state index contributed by atoms with van der Waals surface area (Å²) in [6, 6.07) is 18.0. The van der Waals surface area contributed by atoms with E-state index in [1.54, 1.807) is 6.07 Å². The van der Waals surface area contributed by atoms with Gasteiger partial charge in [-0.1, -0.05) is 54.1 Å². The summed E-state index contributed by atoms with van der Waals surface area (Å²) in [6.07, 6.45) is 1.59. The third kappa shape index (κ3) is 5.84. The largest absolute Gasteiger partial charge is 0.325 e. The lowest BCUT2D eigenvalue weighted by Gasteiger charge is -2.34. The number of halogens is 1. The predicted molar refractivity (Wildman–Crippen MR) is 108 cm³/mol. The van der Waals surface area contributed by atoms with Gasteiger partial charge in [0.25, 0.3) is 0 Å². The first-order valence-electron chi connectivity index (χ1n) is 9.24. The van der Waals surface area contributed by atoms with E-state index in [0.29, 0.717) is 17.1 Å². The average Bonchev–Trinajstić information content (AvgIpc) is 2.68. The number of amides is 1. The van der Waals surface area contributed by atoms with E-state index in [2.05, 4.69) is 45.4 Å². The fraction of sp³-hybridized carbons (Fsp3) is 0.381. The Kier molecular flexibility index (Phi) is 7.06. The normalized spacial score (nSPS) is 15.7. The minimum atomic E-state index is 0.0182. The second-order valence-corrected chi connectivity index (χ2v) is 7.10. The molecule has 1 saturated heterocycles. The van der Waals surface area contributed by atoms with Crippen LogP contribution in [0.2, 0.25) is 5.02 Å². The third-order valence-corrected chi connectivity index (χ3v) is 5.16. The van der Waals surface area contributed by atoms with E-state index in [1.165, 1.54) is 5.56 Å². The van der Waals surface area contributed by atoms with E-state index in [9.17, 15) is 4.79 Å². The van der Waals surface area contributed by atoms with E-state index in [4.69, 9.17) is 11.6 Å². The van der Waals surface area contributed by atoms with Crippen LogP contribution >= 0.6 is 11.6 Å². The molecule has 4 nitrogen and oxygen atoms in total. The van der Waals surface area contributed by atoms with E-state index < -0.39 is 0 Å². The molecule has 0 bridgehead atoms. The van der Waals surface area contributed by atoms with Gasteiger partial charge in [0.2, 0.25) is 5.91 Å². The van der Waals surface area contributed by atoms with Gasteiger partial charge in [-0.25, -0.2) is 0 Å². The minimum absolute atomic E-state index is 0.0182. The van der Waals surface area contributed by atoms with Gasteiger partial charge in [-0.2, -0.15) is 0 Å². The van der Waals surface area contributed by atoms with Crippen molar-refractivity contribution in [1.82, 2.24) is 9.80 Å². The molecule has 2 aromatic rings. The highest BCUT2D eigenvalue weighted by Gasteiger charge is 2.17. The summed E-state index contributed by atoms with van der Waals surface area (Å²) in [4.78, 5) is 17.0. The van der Waals surface area contributed by atoms with Gasteiger partial charge in [0.15, 0.2) is 0 Å². The van der Waals surface area contributed by atoms with Crippen molar-refractivity contribution in [2.75, 3.05) is 44.6 Å². The fourth-order valence-electron chi connectivity index (χ4n) is 3.20. The molecule has 0 saturated carbocycles. The van der Waals surface area contributed by atoms with Gasteiger partial charge in [-0.05, 0) is 24.1 Å². The Hall–Kier alpha value is -1.88. The van der Waals surface area contributed by atoms with Gasteiger partial charge < -0.3 is 15.1 Å². The Bertz CT molecular complexity index is 699. The van der Waals surface area contributed by atoms with Crippen LogP contribution in [0.4, 0.5) is 5.69 Å². The van der Waals surface area contributed by atoms with E-state index in [1.807, 2.05) is 18.2 Å². The predicted octanol–water partition coefficient (Wildman–Crippen LogP) is 3.53. The first kappa shape index (κ1) is 18.9. The molecule has 0 unspecified atom stereocenters. The van der Waals surface area contributed by atoms with Gasteiger partial charge in [0, 0.05) is 45.7 Å². The Labute approximate surface area is 160 Å². The van der Waals surface area contributed by atoms with Gasteiger partial charge in [-0.3, -0.25) is 4.79 Å². The summed E-state index contributed by atoms with van der Waals surface area (Å²) < 4.78 is 0. The monoisotopic (exact) mass is 371 g/mol. The van der Waals surface area contributed by atoms with Crippen LogP contribution in [0.15, 0.2) is 54.6 Å². The zero-order chi connectivity index (χ0) is 18.2. The second kappa shape index (κ2) is 9.72. The van der Waals surface area contributed by atoms with Crippen molar-refractivity contribution in [2.45, 2.75) is 12.8 Å². The lowest BCUT2D eigenvalue weighted by Crippen LogP contribution is -2.47. The molecule has 26 heavy (non-hydrogen) atoms. The summed E-state index contributed by atoms with van der Waals surface area (Å²) in [6.45, 7) is 6.08. The molecule has 2 aromatic carbocycles. The zero-order valence-corrected chi connectivity index (χ0v) is 15.8.